The van der Waals surface area contributed by atoms with Crippen LogP contribution in [0.4, 0.5) is 5.69 Å². The largest absolute Gasteiger partial charge is 0.489 e. The van der Waals surface area contributed by atoms with Gasteiger partial charge in [-0.05, 0) is 80.2 Å². The van der Waals surface area contributed by atoms with Crippen molar-refractivity contribution in [2.75, 3.05) is 18.4 Å². The highest BCUT2D eigenvalue weighted by Gasteiger charge is 2.16. The quantitative estimate of drug-likeness (QED) is 0.749. The fraction of sp³-hybridized carbons (Fsp3) is 0.381. The first-order valence-corrected chi connectivity index (χ1v) is 9.46. The number of nitrogens with one attached hydrogen (secondary N) is 2. The zero-order valence-electron chi connectivity index (χ0n) is 15.1. The van der Waals surface area contributed by atoms with Crippen molar-refractivity contribution in [1.82, 2.24) is 5.32 Å². The van der Waals surface area contributed by atoms with Crippen LogP contribution in [-0.2, 0) is 11.4 Å². The maximum Gasteiger partial charge on any atom is 0.224 e. The van der Waals surface area contributed by atoms with Gasteiger partial charge in [0.1, 0.15) is 12.4 Å². The third kappa shape index (κ3) is 5.48. The van der Waals surface area contributed by atoms with Crippen LogP contribution in [0.3, 0.4) is 0 Å². The van der Waals surface area contributed by atoms with E-state index in [1.807, 2.05) is 49.4 Å². The smallest absolute Gasteiger partial charge is 0.224 e. The maximum atomic E-state index is 12.2. The first-order chi connectivity index (χ1) is 12.6. The van der Waals surface area contributed by atoms with E-state index in [0.29, 0.717) is 24.0 Å². The summed E-state index contributed by atoms with van der Waals surface area (Å²) in [5.74, 6) is 1.48. The van der Waals surface area contributed by atoms with Gasteiger partial charge in [0.05, 0.1) is 0 Å². The molecule has 3 rings (SSSR count). The summed E-state index contributed by atoms with van der Waals surface area (Å²) in [7, 11) is 0. The standard InChI is InChI=1S/C21H25ClN2O2/c1-15-11-19(26-14-17-3-2-4-18(22)12-17)6-7-20(15)24-21(25)8-5-16-9-10-23-13-16/h2-4,6-7,11-12,16,23H,5,8-10,13-14H2,1H3,(H,24,25). The lowest BCUT2D eigenvalue weighted by atomic mass is 10.0. The number of carbonyl (C=O) groups is 1. The number of hydrogen-bond acceptors (Lipinski definition) is 3. The van der Waals surface area contributed by atoms with Crippen molar-refractivity contribution >= 4 is 23.2 Å². The highest BCUT2D eigenvalue weighted by atomic mass is 35.5. The second-order valence-electron chi connectivity index (χ2n) is 6.84. The molecule has 0 aliphatic carbocycles. The van der Waals surface area contributed by atoms with E-state index >= 15 is 0 Å². The molecule has 1 amide bonds. The lowest BCUT2D eigenvalue weighted by Gasteiger charge is -2.12. The van der Waals surface area contributed by atoms with E-state index in [1.54, 1.807) is 0 Å². The Morgan fingerprint density at radius 3 is 2.92 bits per heavy atom. The van der Waals surface area contributed by atoms with Crippen LogP contribution in [0.25, 0.3) is 0 Å². The lowest BCUT2D eigenvalue weighted by molar-refractivity contribution is -0.116. The minimum absolute atomic E-state index is 0.0765. The third-order valence-electron chi connectivity index (χ3n) is 4.71. The van der Waals surface area contributed by atoms with Crippen LogP contribution in [0.2, 0.25) is 5.02 Å². The molecule has 26 heavy (non-hydrogen) atoms. The van der Waals surface area contributed by atoms with E-state index in [0.717, 1.165) is 42.1 Å². The van der Waals surface area contributed by atoms with Crippen LogP contribution >= 0.6 is 11.6 Å². The number of hydrogen-bond donors (Lipinski definition) is 2. The van der Waals surface area contributed by atoms with Crippen molar-refractivity contribution < 1.29 is 9.53 Å². The molecule has 2 aromatic carbocycles. The van der Waals surface area contributed by atoms with Crippen LogP contribution < -0.4 is 15.4 Å². The highest BCUT2D eigenvalue weighted by Crippen LogP contribution is 2.23. The van der Waals surface area contributed by atoms with Gasteiger partial charge in [-0.3, -0.25) is 4.79 Å². The van der Waals surface area contributed by atoms with Gasteiger partial charge in [-0.2, -0.15) is 0 Å². The summed E-state index contributed by atoms with van der Waals surface area (Å²) in [6.07, 6.45) is 2.68. The van der Waals surface area contributed by atoms with E-state index in [-0.39, 0.29) is 5.91 Å². The van der Waals surface area contributed by atoms with Gasteiger partial charge in [-0.1, -0.05) is 23.7 Å². The normalized spacial score (nSPS) is 16.5. The van der Waals surface area contributed by atoms with Gasteiger partial charge < -0.3 is 15.4 Å². The number of aryl methyl sites for hydroxylation is 1. The molecule has 0 aromatic heterocycles. The van der Waals surface area contributed by atoms with Crippen LogP contribution in [0, 0.1) is 12.8 Å². The number of rotatable bonds is 7. The molecule has 1 fully saturated rings. The summed E-state index contributed by atoms with van der Waals surface area (Å²) in [6.45, 7) is 4.54. The Morgan fingerprint density at radius 1 is 1.31 bits per heavy atom. The number of benzene rings is 2. The molecule has 1 atom stereocenters. The van der Waals surface area contributed by atoms with Crippen molar-refractivity contribution in [1.29, 1.82) is 0 Å². The Bertz CT molecular complexity index is 757. The minimum Gasteiger partial charge on any atom is -0.489 e. The minimum atomic E-state index is 0.0765. The summed E-state index contributed by atoms with van der Waals surface area (Å²) < 4.78 is 5.82. The van der Waals surface area contributed by atoms with E-state index in [9.17, 15) is 4.79 Å². The average molecular weight is 373 g/mol. The first-order valence-electron chi connectivity index (χ1n) is 9.08. The van der Waals surface area contributed by atoms with E-state index in [2.05, 4.69) is 10.6 Å². The molecule has 5 heteroatoms. The van der Waals surface area contributed by atoms with Crippen molar-refractivity contribution in [3.05, 3.63) is 58.6 Å². The SMILES string of the molecule is Cc1cc(OCc2cccc(Cl)c2)ccc1NC(=O)CCC1CCNC1. The molecule has 2 N–H and O–H groups in total. The summed E-state index contributed by atoms with van der Waals surface area (Å²) in [6, 6.07) is 13.4. The van der Waals surface area contributed by atoms with Crippen molar-refractivity contribution in [3.8, 4) is 5.75 Å². The number of carbonyl (C=O) groups excluding carboxylic acids is 1. The Kier molecular flexibility index (Phi) is 6.53. The highest BCUT2D eigenvalue weighted by molar-refractivity contribution is 6.30. The van der Waals surface area contributed by atoms with Gasteiger partial charge in [0.2, 0.25) is 5.91 Å². The first kappa shape index (κ1) is 18.7. The zero-order valence-corrected chi connectivity index (χ0v) is 15.8. The number of ether oxygens (including phenoxy) is 1. The molecule has 2 aromatic rings. The second kappa shape index (κ2) is 9.06. The summed E-state index contributed by atoms with van der Waals surface area (Å²) in [5.41, 5.74) is 2.85. The number of halogens is 1. The van der Waals surface area contributed by atoms with E-state index in [1.165, 1.54) is 6.42 Å². The maximum absolute atomic E-state index is 12.2. The molecular weight excluding hydrogens is 348 g/mol. The second-order valence-corrected chi connectivity index (χ2v) is 7.28. The summed E-state index contributed by atoms with van der Waals surface area (Å²) in [4.78, 5) is 12.2. The molecule has 1 aliphatic heterocycles. The Balaban J connectivity index is 1.50. The molecule has 1 unspecified atom stereocenters. The fourth-order valence-corrected chi connectivity index (χ4v) is 3.38. The third-order valence-corrected chi connectivity index (χ3v) is 4.94. The zero-order chi connectivity index (χ0) is 18.4. The molecule has 4 nitrogen and oxygen atoms in total. The van der Waals surface area contributed by atoms with Gasteiger partial charge in [0, 0.05) is 17.1 Å². The molecule has 0 bridgehead atoms. The summed E-state index contributed by atoms with van der Waals surface area (Å²) >= 11 is 5.99. The molecule has 0 radical (unpaired) electrons. The Hall–Kier alpha value is -2.04. The molecular formula is C21H25ClN2O2. The van der Waals surface area contributed by atoms with Crippen LogP contribution in [-0.4, -0.2) is 19.0 Å². The van der Waals surface area contributed by atoms with Gasteiger partial charge in [0.15, 0.2) is 0 Å². The Morgan fingerprint density at radius 2 is 2.19 bits per heavy atom. The summed E-state index contributed by atoms with van der Waals surface area (Å²) in [5, 5.41) is 7.05. The van der Waals surface area contributed by atoms with Crippen molar-refractivity contribution in [3.63, 3.8) is 0 Å². The molecule has 1 saturated heterocycles. The van der Waals surface area contributed by atoms with Gasteiger partial charge in [-0.15, -0.1) is 0 Å². The van der Waals surface area contributed by atoms with Crippen molar-refractivity contribution in [2.45, 2.75) is 32.8 Å². The van der Waals surface area contributed by atoms with Gasteiger partial charge in [-0.25, -0.2) is 0 Å². The average Bonchev–Trinajstić information content (AvgIpc) is 3.14. The Labute approximate surface area is 159 Å². The van der Waals surface area contributed by atoms with Crippen molar-refractivity contribution in [2.24, 2.45) is 5.92 Å². The number of amides is 1. The van der Waals surface area contributed by atoms with Crippen LogP contribution in [0.5, 0.6) is 5.75 Å². The van der Waals surface area contributed by atoms with E-state index in [4.69, 9.17) is 16.3 Å². The van der Waals surface area contributed by atoms with Crippen LogP contribution in [0.1, 0.15) is 30.4 Å². The molecule has 138 valence electrons. The van der Waals surface area contributed by atoms with Gasteiger partial charge in [0.25, 0.3) is 0 Å². The molecule has 0 saturated carbocycles. The number of anilines is 1. The molecule has 0 spiro atoms. The van der Waals surface area contributed by atoms with Gasteiger partial charge >= 0.3 is 0 Å². The monoisotopic (exact) mass is 372 g/mol. The predicted octanol–water partition coefficient (Wildman–Crippen LogP) is 4.56. The van der Waals surface area contributed by atoms with E-state index < -0.39 is 0 Å². The topological polar surface area (TPSA) is 50.4 Å². The lowest BCUT2D eigenvalue weighted by Crippen LogP contribution is -2.15. The fourth-order valence-electron chi connectivity index (χ4n) is 3.17. The predicted molar refractivity (Wildman–Crippen MR) is 106 cm³/mol. The van der Waals surface area contributed by atoms with Crippen LogP contribution in [0.15, 0.2) is 42.5 Å². The molecule has 1 heterocycles. The molecule has 1 aliphatic rings.